The number of benzene rings is 2. The van der Waals surface area contributed by atoms with Crippen LogP contribution in [0, 0.1) is 5.92 Å². The molecule has 2 fully saturated rings. The van der Waals surface area contributed by atoms with E-state index in [4.69, 9.17) is 23.4 Å². The van der Waals surface area contributed by atoms with Gasteiger partial charge in [0.2, 0.25) is 0 Å². The molecule has 0 radical (unpaired) electrons. The monoisotopic (exact) mass is 528 g/mol. The number of methoxy groups -OCH3 is 1. The Kier molecular flexibility index (Phi) is 8.96. The van der Waals surface area contributed by atoms with Gasteiger partial charge in [0, 0.05) is 26.1 Å². The molecule has 5 atom stereocenters. The molecule has 4 rings (SSSR count). The highest BCUT2D eigenvalue weighted by molar-refractivity contribution is 6.99. The fourth-order valence-electron chi connectivity index (χ4n) is 6.14. The van der Waals surface area contributed by atoms with Crippen LogP contribution < -0.4 is 10.4 Å². The summed E-state index contributed by atoms with van der Waals surface area (Å²) in [7, 11) is -0.932. The van der Waals surface area contributed by atoms with E-state index in [-0.39, 0.29) is 42.0 Å². The summed E-state index contributed by atoms with van der Waals surface area (Å²) in [4.78, 5) is 0. The minimum Gasteiger partial charge on any atom is -0.407 e. The third-order valence-corrected chi connectivity index (χ3v) is 12.8. The quantitative estimate of drug-likeness (QED) is 0.472. The lowest BCUT2D eigenvalue weighted by atomic mass is 9.93. The molecule has 6 nitrogen and oxygen atoms in total. The predicted octanol–water partition coefficient (Wildman–Crippen LogP) is 3.89. The summed E-state index contributed by atoms with van der Waals surface area (Å²) in [6, 6.07) is 21.3. The largest absolute Gasteiger partial charge is 0.407 e. The van der Waals surface area contributed by atoms with Crippen LogP contribution in [-0.2, 0) is 23.4 Å². The minimum absolute atomic E-state index is 0.00635. The molecule has 2 aromatic carbocycles. The van der Waals surface area contributed by atoms with Crippen molar-refractivity contribution in [2.45, 2.75) is 82.7 Å². The van der Waals surface area contributed by atoms with Crippen molar-refractivity contribution in [3.8, 4) is 0 Å². The summed E-state index contributed by atoms with van der Waals surface area (Å²) in [5.74, 6) is -0.696. The first-order valence-corrected chi connectivity index (χ1v) is 15.4. The highest BCUT2D eigenvalue weighted by Crippen LogP contribution is 2.39. The molecule has 0 bridgehead atoms. The van der Waals surface area contributed by atoms with Gasteiger partial charge < -0.3 is 28.5 Å². The fourth-order valence-corrected chi connectivity index (χ4v) is 10.7. The van der Waals surface area contributed by atoms with Crippen molar-refractivity contribution in [1.82, 2.24) is 0 Å². The Morgan fingerprint density at radius 2 is 1.57 bits per heavy atom. The summed E-state index contributed by atoms with van der Waals surface area (Å²) in [5, 5.41) is 12.7. The molecule has 2 aromatic rings. The second kappa shape index (κ2) is 11.7. The molecular weight excluding hydrogens is 484 g/mol. The molecule has 0 unspecified atom stereocenters. The second-order valence-corrected chi connectivity index (χ2v) is 16.1. The van der Waals surface area contributed by atoms with Crippen LogP contribution in [0.1, 0.15) is 47.5 Å². The van der Waals surface area contributed by atoms with Crippen molar-refractivity contribution < 1.29 is 28.5 Å². The number of aliphatic hydroxyl groups is 1. The Balaban J connectivity index is 1.52. The number of hydrogen-bond acceptors (Lipinski definition) is 6. The fraction of sp³-hybridized carbons (Fsp3) is 0.600. The lowest BCUT2D eigenvalue weighted by Gasteiger charge is -2.43. The topological polar surface area (TPSA) is 66.4 Å². The van der Waals surface area contributed by atoms with E-state index in [1.807, 2.05) is 13.8 Å². The van der Waals surface area contributed by atoms with Crippen molar-refractivity contribution in [3.05, 3.63) is 60.7 Å². The van der Waals surface area contributed by atoms with E-state index in [0.29, 0.717) is 26.1 Å². The van der Waals surface area contributed by atoms with Crippen LogP contribution in [0.5, 0.6) is 0 Å². The summed E-state index contributed by atoms with van der Waals surface area (Å²) < 4.78 is 31.2. The molecule has 0 spiro atoms. The Labute approximate surface area is 223 Å². The Bertz CT molecular complexity index is 937. The first-order chi connectivity index (χ1) is 17.6. The molecule has 2 aliphatic heterocycles. The summed E-state index contributed by atoms with van der Waals surface area (Å²) in [6.07, 6.45) is 0.777. The van der Waals surface area contributed by atoms with E-state index in [0.717, 1.165) is 0 Å². The Hall–Kier alpha value is -1.58. The van der Waals surface area contributed by atoms with E-state index < -0.39 is 14.1 Å². The lowest BCUT2D eigenvalue weighted by molar-refractivity contribution is -0.144. The summed E-state index contributed by atoms with van der Waals surface area (Å²) in [5.41, 5.74) is 0. The normalized spacial score (nSPS) is 28.0. The van der Waals surface area contributed by atoms with Gasteiger partial charge in [-0.25, -0.2) is 0 Å². The smallest absolute Gasteiger partial charge is 0.261 e. The third kappa shape index (κ3) is 6.03. The van der Waals surface area contributed by atoms with Gasteiger partial charge in [-0.2, -0.15) is 0 Å². The first-order valence-electron chi connectivity index (χ1n) is 13.5. The molecule has 0 amide bonds. The van der Waals surface area contributed by atoms with Gasteiger partial charge in [0.05, 0.1) is 37.6 Å². The molecule has 1 N–H and O–H groups in total. The molecular formula is C30H44O6Si. The molecule has 0 saturated carbocycles. The SMILES string of the molecule is CO[C@@H]1[C@@H](CO)[C@H](CCO[Si](c2ccccc2)(c2ccccc2)C(C)(C)C)O[C@@H]1C[C@H]1COC(C)(C)O1. The van der Waals surface area contributed by atoms with E-state index in [1.165, 1.54) is 10.4 Å². The van der Waals surface area contributed by atoms with Gasteiger partial charge >= 0.3 is 0 Å². The Morgan fingerprint density at radius 3 is 2.03 bits per heavy atom. The molecule has 7 heteroatoms. The van der Waals surface area contributed by atoms with Gasteiger partial charge in [-0.3, -0.25) is 0 Å². The van der Waals surface area contributed by atoms with Crippen LogP contribution in [0.15, 0.2) is 60.7 Å². The summed E-state index contributed by atoms with van der Waals surface area (Å²) in [6.45, 7) is 11.8. The molecule has 0 aliphatic carbocycles. The third-order valence-electron chi connectivity index (χ3n) is 7.80. The molecule has 2 heterocycles. The second-order valence-electron chi connectivity index (χ2n) is 11.7. The van der Waals surface area contributed by atoms with Crippen molar-refractivity contribution in [2.75, 3.05) is 26.9 Å². The van der Waals surface area contributed by atoms with Crippen LogP contribution in [-0.4, -0.2) is 70.6 Å². The number of hydrogen-bond donors (Lipinski definition) is 1. The average molecular weight is 529 g/mol. The van der Waals surface area contributed by atoms with Gasteiger partial charge in [-0.05, 0) is 35.7 Å². The highest BCUT2D eigenvalue weighted by Gasteiger charge is 2.51. The van der Waals surface area contributed by atoms with E-state index in [1.54, 1.807) is 7.11 Å². The van der Waals surface area contributed by atoms with Crippen LogP contribution in [0.3, 0.4) is 0 Å². The maximum atomic E-state index is 10.3. The molecule has 2 saturated heterocycles. The van der Waals surface area contributed by atoms with Crippen LogP contribution in [0.25, 0.3) is 0 Å². The molecule has 37 heavy (non-hydrogen) atoms. The van der Waals surface area contributed by atoms with Crippen molar-refractivity contribution in [3.63, 3.8) is 0 Å². The molecule has 2 aliphatic rings. The zero-order valence-corrected chi connectivity index (χ0v) is 24.2. The molecule has 204 valence electrons. The van der Waals surface area contributed by atoms with Gasteiger partial charge in [-0.1, -0.05) is 81.4 Å². The van der Waals surface area contributed by atoms with Crippen LogP contribution in [0.4, 0.5) is 0 Å². The summed E-state index contributed by atoms with van der Waals surface area (Å²) >= 11 is 0. The number of aliphatic hydroxyl groups excluding tert-OH is 1. The van der Waals surface area contributed by atoms with Gasteiger partial charge in [0.15, 0.2) is 5.79 Å². The standard InChI is InChI=1S/C30H44O6Si/c1-29(2,3)37(23-13-9-7-10-14-23,24-15-11-8-12-16-24)34-18-17-26-25(20-31)28(32-6)27(35-26)19-22-21-33-30(4,5)36-22/h7-16,22,25-28,31H,17-21H2,1-6H3/t22-,25-,26-,27+,28+/m0/s1. The van der Waals surface area contributed by atoms with Crippen molar-refractivity contribution in [2.24, 2.45) is 5.92 Å². The zero-order valence-electron chi connectivity index (χ0n) is 23.2. The first kappa shape index (κ1) is 28.4. The van der Waals surface area contributed by atoms with Gasteiger partial charge in [-0.15, -0.1) is 0 Å². The lowest BCUT2D eigenvalue weighted by Crippen LogP contribution is -2.66. The minimum atomic E-state index is -2.63. The van der Waals surface area contributed by atoms with E-state index in [9.17, 15) is 5.11 Å². The molecule has 0 aromatic heterocycles. The van der Waals surface area contributed by atoms with Crippen LogP contribution in [0.2, 0.25) is 5.04 Å². The van der Waals surface area contributed by atoms with Gasteiger partial charge in [0.25, 0.3) is 8.32 Å². The van der Waals surface area contributed by atoms with Crippen molar-refractivity contribution in [1.29, 1.82) is 0 Å². The van der Waals surface area contributed by atoms with E-state index >= 15 is 0 Å². The number of ether oxygens (including phenoxy) is 4. The maximum absolute atomic E-state index is 10.3. The maximum Gasteiger partial charge on any atom is 0.261 e. The predicted molar refractivity (Wildman–Crippen MR) is 148 cm³/mol. The van der Waals surface area contributed by atoms with E-state index in [2.05, 4.69) is 81.4 Å². The van der Waals surface area contributed by atoms with Crippen LogP contribution >= 0.6 is 0 Å². The Morgan fingerprint density at radius 1 is 0.973 bits per heavy atom. The highest BCUT2D eigenvalue weighted by atomic mass is 28.4. The zero-order chi connectivity index (χ0) is 26.7. The number of rotatable bonds is 10. The average Bonchev–Trinajstić information content (AvgIpc) is 3.39. The van der Waals surface area contributed by atoms with Gasteiger partial charge in [0.1, 0.15) is 0 Å². The van der Waals surface area contributed by atoms with Crippen molar-refractivity contribution >= 4 is 18.7 Å².